The normalized spacial score (nSPS) is 16.1. The van der Waals surface area contributed by atoms with Crippen molar-refractivity contribution in [3.63, 3.8) is 0 Å². The minimum Gasteiger partial charge on any atom is -0.507 e. The number of ether oxygens (including phenoxy) is 5. The first kappa shape index (κ1) is 30.4. The standard InChI is InChI=1S/C30H32N2O9S/c1-15(2)14-41-19-10-8-17(9-11-19)24(33)22-23(18-12-20(37-4)26(39-6)21(13-18)38-5)32(28(35)25(22)34)30-31-16(3)27(42-30)29(36)40-7/h8-13,15,23,33H,14H2,1-7H3/b24-22+. The lowest BCUT2D eigenvalue weighted by atomic mass is 9.94. The summed E-state index contributed by atoms with van der Waals surface area (Å²) in [5.74, 6) is -1.13. The van der Waals surface area contributed by atoms with Crippen molar-refractivity contribution < 1.29 is 43.2 Å². The lowest BCUT2D eigenvalue weighted by Gasteiger charge is -2.24. The second kappa shape index (κ2) is 12.5. The number of aromatic nitrogens is 1. The summed E-state index contributed by atoms with van der Waals surface area (Å²) in [6.45, 7) is 6.17. The van der Waals surface area contributed by atoms with E-state index in [2.05, 4.69) is 4.98 Å². The zero-order chi connectivity index (χ0) is 30.7. The first-order chi connectivity index (χ1) is 20.1. The summed E-state index contributed by atoms with van der Waals surface area (Å²) in [7, 11) is 5.57. The molecule has 1 aliphatic heterocycles. The van der Waals surface area contributed by atoms with Gasteiger partial charge >= 0.3 is 11.9 Å². The summed E-state index contributed by atoms with van der Waals surface area (Å²) in [5, 5.41) is 11.6. The number of aliphatic hydroxyl groups is 1. The van der Waals surface area contributed by atoms with Crippen LogP contribution in [-0.4, -0.2) is 62.8 Å². The number of hydrogen-bond donors (Lipinski definition) is 1. The maximum Gasteiger partial charge on any atom is 0.350 e. The van der Waals surface area contributed by atoms with Gasteiger partial charge in [-0.1, -0.05) is 25.2 Å². The number of benzene rings is 2. The average Bonchev–Trinajstić information content (AvgIpc) is 3.50. The van der Waals surface area contributed by atoms with Crippen LogP contribution in [0.15, 0.2) is 42.0 Å². The van der Waals surface area contributed by atoms with E-state index in [1.165, 1.54) is 28.4 Å². The molecule has 42 heavy (non-hydrogen) atoms. The van der Waals surface area contributed by atoms with Gasteiger partial charge in [0.05, 0.1) is 52.4 Å². The summed E-state index contributed by atoms with van der Waals surface area (Å²) in [5.41, 5.74) is 0.810. The third kappa shape index (κ3) is 5.62. The van der Waals surface area contributed by atoms with Gasteiger partial charge in [-0.3, -0.25) is 14.5 Å². The van der Waals surface area contributed by atoms with Gasteiger partial charge in [-0.15, -0.1) is 0 Å². The van der Waals surface area contributed by atoms with E-state index in [9.17, 15) is 19.5 Å². The van der Waals surface area contributed by atoms with Crippen LogP contribution >= 0.6 is 11.3 Å². The lowest BCUT2D eigenvalue weighted by molar-refractivity contribution is -0.132. The van der Waals surface area contributed by atoms with Crippen LogP contribution in [0.2, 0.25) is 0 Å². The van der Waals surface area contributed by atoms with Gasteiger partial charge in [0.25, 0.3) is 5.78 Å². The maximum atomic E-state index is 13.6. The predicted octanol–water partition coefficient (Wildman–Crippen LogP) is 4.93. The van der Waals surface area contributed by atoms with Gasteiger partial charge in [-0.05, 0) is 54.8 Å². The molecule has 0 bridgehead atoms. The van der Waals surface area contributed by atoms with E-state index in [1.807, 2.05) is 13.8 Å². The number of rotatable bonds is 10. The van der Waals surface area contributed by atoms with E-state index < -0.39 is 29.5 Å². The molecule has 12 heteroatoms. The SMILES string of the molecule is COC(=O)c1sc(N2C(=O)C(=O)/C(=C(/O)c3ccc(OCC(C)C)cc3)C2c2cc(OC)c(OC)c(OC)c2)nc1C. The van der Waals surface area contributed by atoms with Crippen LogP contribution in [0.1, 0.15) is 46.4 Å². The van der Waals surface area contributed by atoms with Crippen molar-refractivity contribution in [1.82, 2.24) is 4.98 Å². The number of ketones is 1. The average molecular weight is 597 g/mol. The Bertz CT molecular complexity index is 1520. The fraction of sp³-hybridized carbons (Fsp3) is 0.333. The van der Waals surface area contributed by atoms with Gasteiger partial charge in [-0.2, -0.15) is 0 Å². The van der Waals surface area contributed by atoms with Gasteiger partial charge in [0.1, 0.15) is 16.4 Å². The molecule has 3 aromatic rings. The van der Waals surface area contributed by atoms with Crippen LogP contribution in [0.3, 0.4) is 0 Å². The quantitative estimate of drug-likeness (QED) is 0.149. The molecule has 222 valence electrons. The summed E-state index contributed by atoms with van der Waals surface area (Å²) in [6, 6.07) is 8.57. The third-order valence-electron chi connectivity index (χ3n) is 6.52. The fourth-order valence-corrected chi connectivity index (χ4v) is 5.51. The molecule has 1 unspecified atom stereocenters. The first-order valence-corrected chi connectivity index (χ1v) is 13.8. The molecule has 11 nitrogen and oxygen atoms in total. The molecule has 0 radical (unpaired) electrons. The van der Waals surface area contributed by atoms with E-state index in [4.69, 9.17) is 23.7 Å². The second-order valence-corrected chi connectivity index (χ2v) is 10.7. The second-order valence-electron chi connectivity index (χ2n) is 9.76. The number of aryl methyl sites for hydroxylation is 1. The Morgan fingerprint density at radius 2 is 1.64 bits per heavy atom. The maximum absolute atomic E-state index is 13.6. The molecule has 1 aromatic heterocycles. The molecule has 1 amide bonds. The Kier molecular flexibility index (Phi) is 9.05. The van der Waals surface area contributed by atoms with Gasteiger partial charge in [-0.25, -0.2) is 9.78 Å². The van der Waals surface area contributed by atoms with Crippen LogP contribution in [0, 0.1) is 12.8 Å². The molecule has 2 aromatic carbocycles. The highest BCUT2D eigenvalue weighted by atomic mass is 32.1. The number of carbonyl (C=O) groups is 3. The van der Waals surface area contributed by atoms with Crippen LogP contribution < -0.4 is 23.8 Å². The monoisotopic (exact) mass is 596 g/mol. The van der Waals surface area contributed by atoms with Crippen molar-refractivity contribution in [2.45, 2.75) is 26.8 Å². The summed E-state index contributed by atoms with van der Waals surface area (Å²) in [4.78, 5) is 45.3. The molecule has 0 saturated carbocycles. The topological polar surface area (TPSA) is 134 Å². The molecule has 1 fully saturated rings. The first-order valence-electron chi connectivity index (χ1n) is 13.0. The number of thiazole rings is 1. The molecular weight excluding hydrogens is 564 g/mol. The Labute approximate surface area is 247 Å². The molecule has 0 spiro atoms. The zero-order valence-corrected chi connectivity index (χ0v) is 25.2. The molecule has 1 N–H and O–H groups in total. The number of esters is 1. The highest BCUT2D eigenvalue weighted by Gasteiger charge is 2.49. The number of carbonyl (C=O) groups excluding carboxylic acids is 3. The Morgan fingerprint density at radius 3 is 2.17 bits per heavy atom. The van der Waals surface area contributed by atoms with E-state index in [0.29, 0.717) is 40.8 Å². The molecule has 1 saturated heterocycles. The summed E-state index contributed by atoms with van der Waals surface area (Å²) in [6.07, 6.45) is 0. The fourth-order valence-electron chi connectivity index (χ4n) is 4.50. The number of methoxy groups -OCH3 is 4. The molecule has 4 rings (SSSR count). The van der Waals surface area contributed by atoms with E-state index in [0.717, 1.165) is 16.2 Å². The number of aliphatic hydroxyl groups excluding tert-OH is 1. The van der Waals surface area contributed by atoms with Crippen molar-refractivity contribution in [3.8, 4) is 23.0 Å². The van der Waals surface area contributed by atoms with E-state index in [-0.39, 0.29) is 27.1 Å². The number of hydrogen-bond acceptors (Lipinski definition) is 11. The lowest BCUT2D eigenvalue weighted by Crippen LogP contribution is -2.29. The predicted molar refractivity (Wildman–Crippen MR) is 156 cm³/mol. The van der Waals surface area contributed by atoms with Crippen LogP contribution in [-0.2, 0) is 14.3 Å². The van der Waals surface area contributed by atoms with E-state index in [1.54, 1.807) is 43.3 Å². The van der Waals surface area contributed by atoms with Gasteiger partial charge in [0.15, 0.2) is 16.6 Å². The highest BCUT2D eigenvalue weighted by Crippen LogP contribution is 2.48. The Hall–Kier alpha value is -4.58. The van der Waals surface area contributed by atoms with Crippen molar-refractivity contribution in [3.05, 3.63) is 63.7 Å². The number of anilines is 1. The number of amides is 1. The highest BCUT2D eigenvalue weighted by molar-refractivity contribution is 7.17. The van der Waals surface area contributed by atoms with Gasteiger partial charge in [0, 0.05) is 5.56 Å². The molecule has 1 atom stereocenters. The molecule has 0 aliphatic carbocycles. The van der Waals surface area contributed by atoms with Crippen LogP contribution in [0.25, 0.3) is 5.76 Å². The van der Waals surface area contributed by atoms with Crippen molar-refractivity contribution in [1.29, 1.82) is 0 Å². The largest absolute Gasteiger partial charge is 0.507 e. The van der Waals surface area contributed by atoms with Crippen LogP contribution in [0.5, 0.6) is 23.0 Å². The zero-order valence-electron chi connectivity index (χ0n) is 24.3. The Morgan fingerprint density at radius 1 is 1.02 bits per heavy atom. The molecule has 1 aliphatic rings. The smallest absolute Gasteiger partial charge is 0.350 e. The summed E-state index contributed by atoms with van der Waals surface area (Å²) < 4.78 is 27.1. The minimum atomic E-state index is -1.16. The van der Waals surface area contributed by atoms with Gasteiger partial charge < -0.3 is 28.8 Å². The molecule has 2 heterocycles. The van der Waals surface area contributed by atoms with E-state index >= 15 is 0 Å². The van der Waals surface area contributed by atoms with Gasteiger partial charge in [0.2, 0.25) is 5.75 Å². The van der Waals surface area contributed by atoms with Crippen molar-refractivity contribution in [2.75, 3.05) is 39.9 Å². The number of nitrogens with zero attached hydrogens (tertiary/aromatic N) is 2. The van der Waals surface area contributed by atoms with Crippen molar-refractivity contribution in [2.24, 2.45) is 5.92 Å². The third-order valence-corrected chi connectivity index (χ3v) is 7.66. The number of Topliss-reactive ketones (excluding diaryl/α,β-unsaturated/α-hetero) is 1. The Balaban J connectivity index is 1.93. The minimum absolute atomic E-state index is 0.0743. The molecular formula is C30H32N2O9S. The summed E-state index contributed by atoms with van der Waals surface area (Å²) >= 11 is 0.900. The van der Waals surface area contributed by atoms with Crippen LogP contribution in [0.4, 0.5) is 5.13 Å². The van der Waals surface area contributed by atoms with Crippen molar-refractivity contribution >= 4 is 39.9 Å².